The highest BCUT2D eigenvalue weighted by atomic mass is 16.6. The Labute approximate surface area is 142 Å². The molecule has 0 unspecified atom stereocenters. The van der Waals surface area contributed by atoms with E-state index in [1.54, 1.807) is 39.0 Å². The fourth-order valence-corrected chi connectivity index (χ4v) is 2.10. The second kappa shape index (κ2) is 8.47. The third-order valence-corrected chi connectivity index (χ3v) is 3.15. The van der Waals surface area contributed by atoms with Crippen molar-refractivity contribution in [3.05, 3.63) is 29.3 Å². The summed E-state index contributed by atoms with van der Waals surface area (Å²) in [5.74, 6) is -1.10. The molecule has 1 aromatic carbocycles. The Morgan fingerprint density at radius 3 is 2.33 bits per heavy atom. The number of esters is 2. The number of ether oxygens (including phenoxy) is 2. The van der Waals surface area contributed by atoms with Gasteiger partial charge in [0.1, 0.15) is 5.60 Å². The average Bonchev–Trinajstić information content (AvgIpc) is 2.50. The number of amides is 1. The van der Waals surface area contributed by atoms with Crippen LogP contribution in [-0.4, -0.2) is 30.6 Å². The Kier molecular flexibility index (Phi) is 6.95. The lowest BCUT2D eigenvalue weighted by atomic mass is 10.0. The molecule has 0 fully saturated rings. The first-order valence-corrected chi connectivity index (χ1v) is 7.89. The second-order valence-electron chi connectivity index (χ2n) is 6.35. The fraction of sp³-hybridized carbons (Fsp3) is 0.500. The van der Waals surface area contributed by atoms with Crippen molar-refractivity contribution in [2.75, 3.05) is 12.4 Å². The number of carbonyl (C=O) groups excluding carboxylic acids is 3. The Morgan fingerprint density at radius 1 is 1.12 bits per heavy atom. The van der Waals surface area contributed by atoms with Gasteiger partial charge >= 0.3 is 11.9 Å². The van der Waals surface area contributed by atoms with Crippen LogP contribution in [0.3, 0.4) is 0 Å². The van der Waals surface area contributed by atoms with Crippen molar-refractivity contribution in [3.8, 4) is 0 Å². The van der Waals surface area contributed by atoms with Crippen molar-refractivity contribution in [3.63, 3.8) is 0 Å². The van der Waals surface area contributed by atoms with E-state index < -0.39 is 17.5 Å². The monoisotopic (exact) mass is 335 g/mol. The molecule has 0 saturated carbocycles. The van der Waals surface area contributed by atoms with Crippen LogP contribution < -0.4 is 5.32 Å². The molecule has 1 rings (SSSR count). The molecule has 0 atom stereocenters. The highest BCUT2D eigenvalue weighted by Gasteiger charge is 2.17. The van der Waals surface area contributed by atoms with Gasteiger partial charge in [-0.2, -0.15) is 0 Å². The summed E-state index contributed by atoms with van der Waals surface area (Å²) in [6, 6.07) is 4.99. The number of aryl methyl sites for hydroxylation is 1. The van der Waals surface area contributed by atoms with Gasteiger partial charge in [-0.3, -0.25) is 9.59 Å². The number of hydrogen-bond donors (Lipinski definition) is 1. The summed E-state index contributed by atoms with van der Waals surface area (Å²) in [4.78, 5) is 35.2. The van der Waals surface area contributed by atoms with E-state index in [1.165, 1.54) is 7.11 Å². The van der Waals surface area contributed by atoms with E-state index in [0.717, 1.165) is 5.56 Å². The minimum atomic E-state index is -0.562. The SMILES string of the molecule is CCc1cc(NC(=O)CCC(=O)OC(C)(C)C)ccc1C(=O)OC. The van der Waals surface area contributed by atoms with Crippen molar-refractivity contribution in [1.29, 1.82) is 0 Å². The first-order chi connectivity index (χ1) is 11.2. The molecule has 6 heteroatoms. The van der Waals surface area contributed by atoms with Crippen molar-refractivity contribution in [2.45, 2.75) is 52.6 Å². The van der Waals surface area contributed by atoms with Crippen LogP contribution in [-0.2, 0) is 25.5 Å². The second-order valence-corrected chi connectivity index (χ2v) is 6.35. The standard InChI is InChI=1S/C18H25NO5/c1-6-12-11-13(7-8-14(12)17(22)23-5)19-15(20)9-10-16(21)24-18(2,3)4/h7-8,11H,6,9-10H2,1-5H3,(H,19,20). The normalized spacial score (nSPS) is 10.9. The number of methoxy groups -OCH3 is 1. The fourth-order valence-electron chi connectivity index (χ4n) is 2.10. The molecular formula is C18H25NO5. The predicted octanol–water partition coefficient (Wildman–Crippen LogP) is 3.10. The first kappa shape index (κ1) is 19.7. The van der Waals surface area contributed by atoms with Gasteiger partial charge in [-0.05, 0) is 51.0 Å². The van der Waals surface area contributed by atoms with E-state index in [1.807, 2.05) is 6.92 Å². The minimum Gasteiger partial charge on any atom is -0.465 e. The van der Waals surface area contributed by atoms with Gasteiger partial charge in [-0.15, -0.1) is 0 Å². The van der Waals surface area contributed by atoms with Crippen molar-refractivity contribution in [2.24, 2.45) is 0 Å². The summed E-state index contributed by atoms with van der Waals surface area (Å²) in [6.07, 6.45) is 0.686. The lowest BCUT2D eigenvalue weighted by molar-refractivity contribution is -0.155. The molecule has 0 aliphatic heterocycles. The van der Waals surface area contributed by atoms with Gasteiger partial charge in [-0.1, -0.05) is 6.92 Å². The summed E-state index contributed by atoms with van der Waals surface area (Å²) >= 11 is 0. The molecule has 0 saturated heterocycles. The van der Waals surface area contributed by atoms with Crippen LogP contribution in [0.4, 0.5) is 5.69 Å². The Bertz CT molecular complexity index is 616. The number of nitrogens with one attached hydrogen (secondary N) is 1. The molecule has 0 heterocycles. The highest BCUT2D eigenvalue weighted by molar-refractivity contribution is 5.95. The van der Waals surface area contributed by atoms with Crippen LogP contribution in [0.1, 0.15) is 56.5 Å². The molecule has 1 aromatic rings. The Morgan fingerprint density at radius 2 is 1.79 bits per heavy atom. The van der Waals surface area contributed by atoms with Gasteiger partial charge in [0.2, 0.25) is 5.91 Å². The molecule has 6 nitrogen and oxygen atoms in total. The van der Waals surface area contributed by atoms with E-state index in [4.69, 9.17) is 9.47 Å². The minimum absolute atomic E-state index is 0.0178. The number of hydrogen-bond acceptors (Lipinski definition) is 5. The van der Waals surface area contributed by atoms with Gasteiger partial charge in [0.25, 0.3) is 0 Å². The smallest absolute Gasteiger partial charge is 0.338 e. The molecule has 0 aromatic heterocycles. The molecule has 24 heavy (non-hydrogen) atoms. The number of rotatable bonds is 6. The van der Waals surface area contributed by atoms with E-state index in [9.17, 15) is 14.4 Å². The topological polar surface area (TPSA) is 81.7 Å². The Hall–Kier alpha value is -2.37. The van der Waals surface area contributed by atoms with Gasteiger partial charge in [0, 0.05) is 12.1 Å². The van der Waals surface area contributed by atoms with Crippen LogP contribution in [0.5, 0.6) is 0 Å². The maximum atomic E-state index is 11.9. The molecule has 0 bridgehead atoms. The van der Waals surface area contributed by atoms with Gasteiger partial charge in [-0.25, -0.2) is 4.79 Å². The molecule has 0 radical (unpaired) electrons. The summed E-state index contributed by atoms with van der Waals surface area (Å²) in [7, 11) is 1.33. The highest BCUT2D eigenvalue weighted by Crippen LogP contribution is 2.18. The van der Waals surface area contributed by atoms with Crippen LogP contribution in [0, 0.1) is 0 Å². The van der Waals surface area contributed by atoms with E-state index in [2.05, 4.69) is 5.32 Å². The van der Waals surface area contributed by atoms with Crippen LogP contribution >= 0.6 is 0 Å². The summed E-state index contributed by atoms with van der Waals surface area (Å²) in [5.41, 5.74) is 1.28. The molecule has 132 valence electrons. The lowest BCUT2D eigenvalue weighted by Crippen LogP contribution is -2.24. The molecule has 0 aliphatic rings. The van der Waals surface area contributed by atoms with Gasteiger partial charge in [0.05, 0.1) is 19.1 Å². The van der Waals surface area contributed by atoms with Gasteiger partial charge < -0.3 is 14.8 Å². The number of carbonyl (C=O) groups is 3. The maximum absolute atomic E-state index is 11.9. The van der Waals surface area contributed by atoms with Crippen LogP contribution in [0.25, 0.3) is 0 Å². The van der Waals surface area contributed by atoms with Crippen LogP contribution in [0.15, 0.2) is 18.2 Å². The number of anilines is 1. The van der Waals surface area contributed by atoms with Crippen molar-refractivity contribution in [1.82, 2.24) is 0 Å². The lowest BCUT2D eigenvalue weighted by Gasteiger charge is -2.19. The number of benzene rings is 1. The summed E-state index contributed by atoms with van der Waals surface area (Å²) < 4.78 is 9.89. The van der Waals surface area contributed by atoms with E-state index >= 15 is 0 Å². The third kappa shape index (κ3) is 6.40. The van der Waals surface area contributed by atoms with Gasteiger partial charge in [0.15, 0.2) is 0 Å². The largest absolute Gasteiger partial charge is 0.465 e. The molecule has 1 amide bonds. The first-order valence-electron chi connectivity index (χ1n) is 7.89. The summed E-state index contributed by atoms with van der Waals surface area (Å²) in [5, 5.41) is 2.72. The molecule has 1 N–H and O–H groups in total. The van der Waals surface area contributed by atoms with E-state index in [-0.39, 0.29) is 18.7 Å². The zero-order valence-corrected chi connectivity index (χ0v) is 14.9. The zero-order chi connectivity index (χ0) is 18.3. The predicted molar refractivity (Wildman–Crippen MR) is 90.9 cm³/mol. The van der Waals surface area contributed by atoms with Crippen molar-refractivity contribution < 1.29 is 23.9 Å². The molecule has 0 aliphatic carbocycles. The van der Waals surface area contributed by atoms with E-state index in [0.29, 0.717) is 17.7 Å². The average molecular weight is 335 g/mol. The van der Waals surface area contributed by atoms with Crippen LogP contribution in [0.2, 0.25) is 0 Å². The molecule has 0 spiro atoms. The molecular weight excluding hydrogens is 310 g/mol. The Balaban J connectivity index is 2.64. The maximum Gasteiger partial charge on any atom is 0.338 e. The summed E-state index contributed by atoms with van der Waals surface area (Å²) in [6.45, 7) is 7.25. The van der Waals surface area contributed by atoms with Crippen molar-refractivity contribution >= 4 is 23.5 Å². The zero-order valence-electron chi connectivity index (χ0n) is 14.9. The quantitative estimate of drug-likeness (QED) is 0.808. The third-order valence-electron chi connectivity index (χ3n) is 3.15.